The maximum Gasteiger partial charge on any atom is 0.257 e. The van der Waals surface area contributed by atoms with Crippen LogP contribution in [-0.2, 0) is 4.79 Å². The summed E-state index contributed by atoms with van der Waals surface area (Å²) in [6, 6.07) is 12.9. The number of aromatic nitrogens is 1. The molecule has 0 spiro atoms. The first-order chi connectivity index (χ1) is 11.5. The predicted octanol–water partition coefficient (Wildman–Crippen LogP) is 4.23. The fourth-order valence-electron chi connectivity index (χ4n) is 2.19. The minimum absolute atomic E-state index is 0.124. The normalized spacial score (nSPS) is 10.6. The van der Waals surface area contributed by atoms with Crippen LogP contribution in [0.5, 0.6) is 0 Å². The van der Waals surface area contributed by atoms with Gasteiger partial charge in [-0.25, -0.2) is 4.98 Å². The number of rotatable bonds is 4. The molecule has 24 heavy (non-hydrogen) atoms. The fourth-order valence-corrected chi connectivity index (χ4v) is 3.55. The monoisotopic (exact) mass is 357 g/mol. The number of thioether (sulfide) groups is 1. The number of anilines is 2. The highest BCUT2D eigenvalue weighted by atomic mass is 32.2. The highest BCUT2D eigenvalue weighted by Gasteiger charge is 2.11. The van der Waals surface area contributed by atoms with Crippen molar-refractivity contribution in [2.24, 2.45) is 0 Å². The molecule has 0 atom stereocenters. The largest absolute Gasteiger partial charge is 0.326 e. The van der Waals surface area contributed by atoms with E-state index in [1.807, 2.05) is 36.6 Å². The lowest BCUT2D eigenvalue weighted by Gasteiger charge is -2.03. The fraction of sp³-hybridized carbons (Fsp3) is 0.118. The molecule has 1 heterocycles. The topological polar surface area (TPSA) is 71.1 Å². The number of thiazole rings is 1. The Morgan fingerprint density at radius 3 is 2.71 bits per heavy atom. The average molecular weight is 357 g/mol. The second kappa shape index (κ2) is 7.02. The molecule has 2 amide bonds. The van der Waals surface area contributed by atoms with E-state index in [1.165, 1.54) is 18.3 Å². The SMILES string of the molecule is CSc1cccc(C(=O)Nc2nc3ccc(NC(C)=O)cc3s2)c1. The van der Waals surface area contributed by atoms with E-state index >= 15 is 0 Å². The zero-order valence-electron chi connectivity index (χ0n) is 13.1. The lowest BCUT2D eigenvalue weighted by molar-refractivity contribution is -0.114. The molecular formula is C17H15N3O2S2. The van der Waals surface area contributed by atoms with Gasteiger partial charge in [-0.1, -0.05) is 17.4 Å². The molecule has 1 aromatic heterocycles. The lowest BCUT2D eigenvalue weighted by Crippen LogP contribution is -2.11. The summed E-state index contributed by atoms with van der Waals surface area (Å²) in [6.07, 6.45) is 1.97. The zero-order valence-corrected chi connectivity index (χ0v) is 14.8. The standard InChI is InChI=1S/C17H15N3O2S2/c1-10(21)18-12-6-7-14-15(9-12)24-17(19-14)20-16(22)11-4-3-5-13(8-11)23-2/h3-9H,1-2H3,(H,18,21)(H,19,20,22). The van der Waals surface area contributed by atoms with E-state index in [9.17, 15) is 9.59 Å². The molecule has 2 aromatic carbocycles. The Morgan fingerprint density at radius 1 is 1.12 bits per heavy atom. The molecule has 0 fully saturated rings. The number of nitrogens with zero attached hydrogens (tertiary/aromatic N) is 1. The van der Waals surface area contributed by atoms with Gasteiger partial charge in [-0.05, 0) is 42.7 Å². The van der Waals surface area contributed by atoms with Crippen molar-refractivity contribution in [1.82, 2.24) is 4.98 Å². The molecule has 3 rings (SSSR count). The molecule has 2 N–H and O–H groups in total. The number of carbonyl (C=O) groups is 2. The summed E-state index contributed by atoms with van der Waals surface area (Å²) in [6.45, 7) is 1.46. The Hall–Kier alpha value is -2.38. The second-order valence-corrected chi connectivity index (χ2v) is 6.98. The maximum atomic E-state index is 12.4. The first kappa shape index (κ1) is 16.5. The van der Waals surface area contributed by atoms with Gasteiger partial charge in [0, 0.05) is 23.1 Å². The zero-order chi connectivity index (χ0) is 17.1. The van der Waals surface area contributed by atoms with Crippen molar-refractivity contribution in [3.63, 3.8) is 0 Å². The minimum atomic E-state index is -0.188. The molecule has 7 heteroatoms. The smallest absolute Gasteiger partial charge is 0.257 e. The van der Waals surface area contributed by atoms with Gasteiger partial charge in [0.1, 0.15) is 0 Å². The Morgan fingerprint density at radius 2 is 1.96 bits per heavy atom. The van der Waals surface area contributed by atoms with Crippen LogP contribution in [0.3, 0.4) is 0 Å². The van der Waals surface area contributed by atoms with Gasteiger partial charge >= 0.3 is 0 Å². The van der Waals surface area contributed by atoms with E-state index in [1.54, 1.807) is 23.9 Å². The summed E-state index contributed by atoms with van der Waals surface area (Å²) < 4.78 is 0.898. The Kier molecular flexibility index (Phi) is 4.82. The molecule has 0 bridgehead atoms. The summed E-state index contributed by atoms with van der Waals surface area (Å²) in [5.41, 5.74) is 2.09. The van der Waals surface area contributed by atoms with Crippen molar-refractivity contribution in [2.75, 3.05) is 16.9 Å². The van der Waals surface area contributed by atoms with Crippen molar-refractivity contribution in [3.8, 4) is 0 Å². The van der Waals surface area contributed by atoms with E-state index in [2.05, 4.69) is 15.6 Å². The van der Waals surface area contributed by atoms with Crippen LogP contribution in [0.2, 0.25) is 0 Å². The maximum absolute atomic E-state index is 12.4. The van der Waals surface area contributed by atoms with E-state index in [0.717, 1.165) is 15.1 Å². The lowest BCUT2D eigenvalue weighted by atomic mass is 10.2. The molecule has 0 saturated carbocycles. The van der Waals surface area contributed by atoms with Gasteiger partial charge < -0.3 is 5.32 Å². The van der Waals surface area contributed by atoms with Crippen LogP contribution in [0.1, 0.15) is 17.3 Å². The second-order valence-electron chi connectivity index (χ2n) is 5.07. The summed E-state index contributed by atoms with van der Waals surface area (Å²) in [4.78, 5) is 28.9. The third kappa shape index (κ3) is 3.74. The van der Waals surface area contributed by atoms with E-state index in [-0.39, 0.29) is 11.8 Å². The third-order valence-electron chi connectivity index (χ3n) is 3.26. The molecule has 0 radical (unpaired) electrons. The summed E-state index contributed by atoms with van der Waals surface area (Å²) in [7, 11) is 0. The first-order valence-electron chi connectivity index (χ1n) is 7.19. The highest BCUT2D eigenvalue weighted by Crippen LogP contribution is 2.29. The van der Waals surface area contributed by atoms with Gasteiger partial charge in [-0.15, -0.1) is 11.8 Å². The van der Waals surface area contributed by atoms with Crippen molar-refractivity contribution in [2.45, 2.75) is 11.8 Å². The number of fused-ring (bicyclic) bond motifs is 1. The quantitative estimate of drug-likeness (QED) is 0.686. The first-order valence-corrected chi connectivity index (χ1v) is 9.23. The number of nitrogens with one attached hydrogen (secondary N) is 2. The van der Waals surface area contributed by atoms with Crippen LogP contribution in [-0.4, -0.2) is 23.1 Å². The molecule has 122 valence electrons. The van der Waals surface area contributed by atoms with Gasteiger partial charge in [-0.3, -0.25) is 14.9 Å². The molecule has 0 unspecified atom stereocenters. The number of amides is 2. The van der Waals surface area contributed by atoms with Crippen molar-refractivity contribution in [1.29, 1.82) is 0 Å². The summed E-state index contributed by atoms with van der Waals surface area (Å²) in [5.74, 6) is -0.312. The van der Waals surface area contributed by atoms with Crippen molar-refractivity contribution in [3.05, 3.63) is 48.0 Å². The average Bonchev–Trinajstić information content (AvgIpc) is 2.95. The molecule has 0 saturated heterocycles. The van der Waals surface area contributed by atoms with Crippen LogP contribution in [0.25, 0.3) is 10.2 Å². The van der Waals surface area contributed by atoms with Gasteiger partial charge in [0.25, 0.3) is 5.91 Å². The Bertz CT molecular complexity index is 921. The Labute approximate surface area is 147 Å². The molecule has 0 aliphatic carbocycles. The number of hydrogen-bond donors (Lipinski definition) is 2. The van der Waals surface area contributed by atoms with Crippen molar-refractivity contribution >= 4 is 55.9 Å². The van der Waals surface area contributed by atoms with E-state index in [0.29, 0.717) is 16.4 Å². The summed E-state index contributed by atoms with van der Waals surface area (Å²) >= 11 is 2.96. The van der Waals surface area contributed by atoms with Crippen LogP contribution in [0.15, 0.2) is 47.4 Å². The van der Waals surface area contributed by atoms with Gasteiger partial charge in [0.2, 0.25) is 5.91 Å². The number of hydrogen-bond acceptors (Lipinski definition) is 5. The molecular weight excluding hydrogens is 342 g/mol. The van der Waals surface area contributed by atoms with Crippen molar-refractivity contribution < 1.29 is 9.59 Å². The van der Waals surface area contributed by atoms with Crippen LogP contribution in [0.4, 0.5) is 10.8 Å². The molecule has 0 aliphatic rings. The number of benzene rings is 2. The van der Waals surface area contributed by atoms with Gasteiger partial charge in [0.05, 0.1) is 10.2 Å². The molecule has 0 aliphatic heterocycles. The van der Waals surface area contributed by atoms with Crippen LogP contribution in [0, 0.1) is 0 Å². The van der Waals surface area contributed by atoms with Gasteiger partial charge in [-0.2, -0.15) is 0 Å². The van der Waals surface area contributed by atoms with E-state index in [4.69, 9.17) is 0 Å². The summed E-state index contributed by atoms with van der Waals surface area (Å²) in [5, 5.41) is 6.10. The Balaban J connectivity index is 1.81. The minimum Gasteiger partial charge on any atom is -0.326 e. The van der Waals surface area contributed by atoms with Crippen LogP contribution >= 0.6 is 23.1 Å². The third-order valence-corrected chi connectivity index (χ3v) is 4.92. The molecule has 3 aromatic rings. The number of carbonyl (C=O) groups excluding carboxylic acids is 2. The molecule has 5 nitrogen and oxygen atoms in total. The van der Waals surface area contributed by atoms with E-state index < -0.39 is 0 Å². The van der Waals surface area contributed by atoms with Crippen LogP contribution < -0.4 is 10.6 Å². The predicted molar refractivity (Wildman–Crippen MR) is 100 cm³/mol. The highest BCUT2D eigenvalue weighted by molar-refractivity contribution is 7.98. The van der Waals surface area contributed by atoms with Gasteiger partial charge in [0.15, 0.2) is 5.13 Å².